The van der Waals surface area contributed by atoms with E-state index in [4.69, 9.17) is 10.8 Å². The van der Waals surface area contributed by atoms with E-state index >= 15 is 0 Å². The summed E-state index contributed by atoms with van der Waals surface area (Å²) in [5.41, 5.74) is 5.06. The molecular formula is C12H21N3O4. The molecule has 0 aromatic rings. The van der Waals surface area contributed by atoms with Gasteiger partial charge in [0.2, 0.25) is 5.91 Å². The van der Waals surface area contributed by atoms with Gasteiger partial charge in [0.15, 0.2) is 0 Å². The third-order valence-corrected chi connectivity index (χ3v) is 3.26. The van der Waals surface area contributed by atoms with Crippen molar-refractivity contribution in [2.45, 2.75) is 32.7 Å². The zero-order valence-corrected chi connectivity index (χ0v) is 11.3. The summed E-state index contributed by atoms with van der Waals surface area (Å²) in [4.78, 5) is 36.7. The molecule has 1 fully saturated rings. The standard InChI is InChI=1S/C12H21N3O4/c1-8(2)9-4-3-5-15(9)12(19)14(6-10(13)16)7-11(17)18/h8-9H,3-7H2,1-2H3,(H2,13,16)(H,17,18). The number of nitrogens with two attached hydrogens (primary N) is 1. The molecule has 0 aromatic heterocycles. The lowest BCUT2D eigenvalue weighted by Crippen LogP contribution is -2.50. The van der Waals surface area contributed by atoms with Crippen molar-refractivity contribution >= 4 is 17.9 Å². The number of rotatable bonds is 5. The molecule has 0 spiro atoms. The van der Waals surface area contributed by atoms with Crippen LogP contribution in [0.4, 0.5) is 4.79 Å². The monoisotopic (exact) mass is 271 g/mol. The minimum atomic E-state index is -1.16. The fraction of sp³-hybridized carbons (Fsp3) is 0.750. The fourth-order valence-electron chi connectivity index (χ4n) is 2.45. The Hall–Kier alpha value is -1.79. The smallest absolute Gasteiger partial charge is 0.323 e. The highest BCUT2D eigenvalue weighted by molar-refractivity contribution is 5.86. The predicted molar refractivity (Wildman–Crippen MR) is 68.4 cm³/mol. The summed E-state index contributed by atoms with van der Waals surface area (Å²) in [7, 11) is 0. The van der Waals surface area contributed by atoms with Crippen LogP contribution in [0.3, 0.4) is 0 Å². The van der Waals surface area contributed by atoms with Gasteiger partial charge in [0.05, 0.1) is 0 Å². The third kappa shape index (κ3) is 4.11. The number of carboxylic acid groups (broad SMARTS) is 1. The molecule has 1 aliphatic heterocycles. The van der Waals surface area contributed by atoms with Crippen LogP contribution in [0.2, 0.25) is 0 Å². The van der Waals surface area contributed by atoms with Gasteiger partial charge in [-0.1, -0.05) is 13.8 Å². The number of hydrogen-bond acceptors (Lipinski definition) is 3. The number of nitrogens with zero attached hydrogens (tertiary/aromatic N) is 2. The minimum absolute atomic E-state index is 0.0941. The van der Waals surface area contributed by atoms with Gasteiger partial charge in [-0.05, 0) is 18.8 Å². The molecule has 0 saturated carbocycles. The Morgan fingerprint density at radius 1 is 1.37 bits per heavy atom. The largest absolute Gasteiger partial charge is 0.480 e. The Labute approximate surface area is 112 Å². The van der Waals surface area contributed by atoms with Crippen LogP contribution in [0.25, 0.3) is 0 Å². The molecule has 7 nitrogen and oxygen atoms in total. The summed E-state index contributed by atoms with van der Waals surface area (Å²) in [6.07, 6.45) is 1.80. The maximum absolute atomic E-state index is 12.3. The van der Waals surface area contributed by atoms with E-state index in [0.29, 0.717) is 12.5 Å². The van der Waals surface area contributed by atoms with Crippen LogP contribution < -0.4 is 5.73 Å². The maximum atomic E-state index is 12.3. The van der Waals surface area contributed by atoms with Gasteiger partial charge >= 0.3 is 12.0 Å². The van der Waals surface area contributed by atoms with Crippen molar-refractivity contribution in [3.05, 3.63) is 0 Å². The molecule has 1 atom stereocenters. The Morgan fingerprint density at radius 2 is 2.00 bits per heavy atom. The van der Waals surface area contributed by atoms with Crippen molar-refractivity contribution in [1.29, 1.82) is 0 Å². The van der Waals surface area contributed by atoms with Crippen molar-refractivity contribution < 1.29 is 19.5 Å². The molecule has 1 aliphatic rings. The van der Waals surface area contributed by atoms with E-state index in [0.717, 1.165) is 17.7 Å². The Bertz CT molecular complexity index is 354. The summed E-state index contributed by atoms with van der Waals surface area (Å²) in [5.74, 6) is -1.57. The molecule has 0 aliphatic carbocycles. The van der Waals surface area contributed by atoms with Gasteiger partial charge in [0.1, 0.15) is 13.1 Å². The average molecular weight is 271 g/mol. The number of amides is 3. The number of likely N-dealkylation sites (tertiary alicyclic amines) is 1. The van der Waals surface area contributed by atoms with E-state index in [2.05, 4.69) is 0 Å². The molecular weight excluding hydrogens is 250 g/mol. The van der Waals surface area contributed by atoms with Gasteiger partial charge in [-0.2, -0.15) is 0 Å². The van der Waals surface area contributed by atoms with Crippen LogP contribution in [0.1, 0.15) is 26.7 Å². The zero-order valence-electron chi connectivity index (χ0n) is 11.3. The molecule has 108 valence electrons. The lowest BCUT2D eigenvalue weighted by Gasteiger charge is -2.32. The highest BCUT2D eigenvalue weighted by atomic mass is 16.4. The molecule has 0 aromatic carbocycles. The molecule has 1 heterocycles. The Balaban J connectivity index is 2.79. The summed E-state index contributed by atoms with van der Waals surface area (Å²) >= 11 is 0. The van der Waals surface area contributed by atoms with Crippen molar-refractivity contribution in [2.75, 3.05) is 19.6 Å². The van der Waals surface area contributed by atoms with Crippen molar-refractivity contribution in [1.82, 2.24) is 9.80 Å². The quantitative estimate of drug-likeness (QED) is 0.739. The van der Waals surface area contributed by atoms with Gasteiger partial charge in [-0.15, -0.1) is 0 Å². The van der Waals surface area contributed by atoms with Gasteiger partial charge in [-0.3, -0.25) is 9.59 Å². The Kier molecular flexibility index (Phi) is 5.14. The number of carboxylic acids is 1. The van der Waals surface area contributed by atoms with E-state index < -0.39 is 24.5 Å². The summed E-state index contributed by atoms with van der Waals surface area (Å²) < 4.78 is 0. The van der Waals surface area contributed by atoms with Crippen LogP contribution in [-0.2, 0) is 9.59 Å². The van der Waals surface area contributed by atoms with Crippen molar-refractivity contribution in [3.63, 3.8) is 0 Å². The van der Waals surface area contributed by atoms with Crippen molar-refractivity contribution in [2.24, 2.45) is 11.7 Å². The summed E-state index contributed by atoms with van der Waals surface area (Å²) in [5, 5.41) is 8.80. The summed E-state index contributed by atoms with van der Waals surface area (Å²) in [6.45, 7) is 3.75. The van der Waals surface area contributed by atoms with Crippen LogP contribution >= 0.6 is 0 Å². The highest BCUT2D eigenvalue weighted by Crippen LogP contribution is 2.24. The first kappa shape index (κ1) is 15.3. The molecule has 3 amide bonds. The third-order valence-electron chi connectivity index (χ3n) is 3.26. The zero-order chi connectivity index (χ0) is 14.6. The van der Waals surface area contributed by atoms with Crippen LogP contribution in [0.5, 0.6) is 0 Å². The second-order valence-electron chi connectivity index (χ2n) is 5.15. The summed E-state index contributed by atoms with van der Waals surface area (Å²) in [6, 6.07) is -0.325. The van der Waals surface area contributed by atoms with E-state index in [9.17, 15) is 14.4 Å². The van der Waals surface area contributed by atoms with E-state index in [1.165, 1.54) is 0 Å². The molecule has 7 heteroatoms. The van der Waals surface area contributed by atoms with E-state index in [1.54, 1.807) is 4.90 Å². The second-order valence-corrected chi connectivity index (χ2v) is 5.15. The normalized spacial score (nSPS) is 18.7. The second kappa shape index (κ2) is 6.40. The number of urea groups is 1. The number of aliphatic carboxylic acids is 1. The molecule has 1 saturated heterocycles. The molecule has 1 rings (SSSR count). The SMILES string of the molecule is CC(C)C1CCCN1C(=O)N(CC(N)=O)CC(=O)O. The molecule has 0 bridgehead atoms. The Morgan fingerprint density at radius 3 is 2.47 bits per heavy atom. The lowest BCUT2D eigenvalue weighted by molar-refractivity contribution is -0.138. The number of primary amides is 1. The first-order chi connectivity index (χ1) is 8.82. The number of carbonyl (C=O) groups is 3. The van der Waals surface area contributed by atoms with E-state index in [1.807, 2.05) is 13.8 Å². The first-order valence-electron chi connectivity index (χ1n) is 6.38. The molecule has 19 heavy (non-hydrogen) atoms. The van der Waals surface area contributed by atoms with Crippen molar-refractivity contribution in [3.8, 4) is 0 Å². The minimum Gasteiger partial charge on any atom is -0.480 e. The number of carbonyl (C=O) groups excluding carboxylic acids is 2. The van der Waals surface area contributed by atoms with Gasteiger partial charge < -0.3 is 20.6 Å². The van der Waals surface area contributed by atoms with Crippen LogP contribution in [0.15, 0.2) is 0 Å². The fourth-order valence-corrected chi connectivity index (χ4v) is 2.45. The van der Waals surface area contributed by atoms with Gasteiger partial charge in [-0.25, -0.2) is 4.79 Å². The average Bonchev–Trinajstić information content (AvgIpc) is 2.74. The van der Waals surface area contributed by atoms with Crippen LogP contribution in [0, 0.1) is 5.92 Å². The maximum Gasteiger partial charge on any atom is 0.323 e. The first-order valence-corrected chi connectivity index (χ1v) is 6.38. The molecule has 0 radical (unpaired) electrons. The van der Waals surface area contributed by atoms with Gasteiger partial charge in [0, 0.05) is 12.6 Å². The predicted octanol–water partition coefficient (Wildman–Crippen LogP) is 0.0987. The van der Waals surface area contributed by atoms with Gasteiger partial charge in [0.25, 0.3) is 0 Å². The topological polar surface area (TPSA) is 104 Å². The highest BCUT2D eigenvalue weighted by Gasteiger charge is 2.34. The molecule has 1 unspecified atom stereocenters. The number of hydrogen-bond donors (Lipinski definition) is 2. The van der Waals surface area contributed by atoms with Crippen LogP contribution in [-0.4, -0.2) is 58.5 Å². The van der Waals surface area contributed by atoms with E-state index in [-0.39, 0.29) is 12.6 Å². The molecule has 3 N–H and O–H groups in total. The lowest BCUT2D eigenvalue weighted by atomic mass is 10.0.